The molecule has 6 N–H and O–H groups in total. The number of ether oxygens (including phenoxy) is 2. The smallest absolute Gasteiger partial charge is 0.220 e. The quantitative estimate of drug-likeness (QED) is 0.0268. The maximum Gasteiger partial charge on any atom is 0.220 e. The zero-order chi connectivity index (χ0) is 42.3. The Morgan fingerprint density at radius 1 is 0.603 bits per heavy atom. The highest BCUT2D eigenvalue weighted by atomic mass is 16.7. The van der Waals surface area contributed by atoms with Gasteiger partial charge < -0.3 is 40.3 Å². The summed E-state index contributed by atoms with van der Waals surface area (Å²) in [4.78, 5) is 13.0. The minimum atomic E-state index is -1.58. The summed E-state index contributed by atoms with van der Waals surface area (Å²) in [6.07, 6.45) is 45.1. The van der Waals surface area contributed by atoms with E-state index in [2.05, 4.69) is 79.9 Å². The summed E-state index contributed by atoms with van der Waals surface area (Å²) in [7, 11) is 0. The maximum absolute atomic E-state index is 13.0. The Morgan fingerprint density at radius 3 is 1.59 bits per heavy atom. The van der Waals surface area contributed by atoms with E-state index in [1.165, 1.54) is 77.0 Å². The highest BCUT2D eigenvalue weighted by molar-refractivity contribution is 5.76. The van der Waals surface area contributed by atoms with Crippen molar-refractivity contribution in [1.82, 2.24) is 5.32 Å². The van der Waals surface area contributed by atoms with Gasteiger partial charge in [0.05, 0.1) is 25.4 Å². The van der Waals surface area contributed by atoms with Crippen LogP contribution in [0.4, 0.5) is 0 Å². The second-order valence-electron chi connectivity index (χ2n) is 15.8. The van der Waals surface area contributed by atoms with Crippen molar-refractivity contribution < 1.29 is 39.8 Å². The normalized spacial score (nSPS) is 21.5. The van der Waals surface area contributed by atoms with Crippen molar-refractivity contribution in [3.8, 4) is 0 Å². The first-order valence-electron chi connectivity index (χ1n) is 23.2. The molecule has 0 aromatic heterocycles. The van der Waals surface area contributed by atoms with Gasteiger partial charge >= 0.3 is 0 Å². The zero-order valence-corrected chi connectivity index (χ0v) is 36.5. The van der Waals surface area contributed by atoms with E-state index in [9.17, 15) is 30.3 Å². The van der Waals surface area contributed by atoms with Gasteiger partial charge in [0, 0.05) is 6.42 Å². The molecule has 1 aliphatic rings. The lowest BCUT2D eigenvalue weighted by molar-refractivity contribution is -0.302. The number of nitrogens with one attached hydrogen (secondary N) is 1. The second-order valence-corrected chi connectivity index (χ2v) is 15.8. The van der Waals surface area contributed by atoms with E-state index in [1.807, 2.05) is 6.08 Å². The fourth-order valence-electron chi connectivity index (χ4n) is 6.83. The predicted molar refractivity (Wildman–Crippen MR) is 239 cm³/mol. The molecule has 1 saturated heterocycles. The van der Waals surface area contributed by atoms with Gasteiger partial charge in [-0.15, -0.1) is 0 Å². The third kappa shape index (κ3) is 29.0. The van der Waals surface area contributed by atoms with E-state index in [-0.39, 0.29) is 12.5 Å². The van der Waals surface area contributed by atoms with E-state index in [0.717, 1.165) is 70.6 Å². The van der Waals surface area contributed by atoms with Gasteiger partial charge in [-0.3, -0.25) is 4.79 Å². The largest absolute Gasteiger partial charge is 0.394 e. The van der Waals surface area contributed by atoms with E-state index in [4.69, 9.17) is 9.47 Å². The van der Waals surface area contributed by atoms with Crippen LogP contribution in [0.2, 0.25) is 0 Å². The van der Waals surface area contributed by atoms with Crippen molar-refractivity contribution in [3.63, 3.8) is 0 Å². The van der Waals surface area contributed by atoms with Crippen LogP contribution in [0.15, 0.2) is 72.9 Å². The van der Waals surface area contributed by atoms with E-state index >= 15 is 0 Å². The monoisotopic (exact) mass is 816 g/mol. The van der Waals surface area contributed by atoms with Crippen molar-refractivity contribution in [3.05, 3.63) is 72.9 Å². The summed E-state index contributed by atoms with van der Waals surface area (Å²) < 4.78 is 11.2. The molecule has 9 heteroatoms. The Bertz CT molecular complexity index is 1130. The van der Waals surface area contributed by atoms with Gasteiger partial charge in [-0.05, 0) is 64.2 Å². The van der Waals surface area contributed by atoms with E-state index in [1.54, 1.807) is 6.08 Å². The van der Waals surface area contributed by atoms with Crippen molar-refractivity contribution >= 4 is 5.91 Å². The number of rotatable bonds is 37. The molecule has 7 atom stereocenters. The molecule has 9 nitrogen and oxygen atoms in total. The molecule has 0 aromatic carbocycles. The molecule has 1 heterocycles. The lowest BCUT2D eigenvalue weighted by Gasteiger charge is -2.40. The second kappa shape index (κ2) is 38.8. The van der Waals surface area contributed by atoms with Crippen molar-refractivity contribution in [1.29, 1.82) is 0 Å². The fraction of sp³-hybridized carbons (Fsp3) is 0.735. The Morgan fingerprint density at radius 2 is 1.07 bits per heavy atom. The van der Waals surface area contributed by atoms with Crippen molar-refractivity contribution in [2.45, 2.75) is 217 Å². The number of amides is 1. The van der Waals surface area contributed by atoms with Crippen LogP contribution in [0.1, 0.15) is 174 Å². The average molecular weight is 816 g/mol. The van der Waals surface area contributed by atoms with Gasteiger partial charge in [0.25, 0.3) is 0 Å². The minimum absolute atomic E-state index is 0.205. The number of unbranched alkanes of at least 4 members (excludes halogenated alkanes) is 17. The Labute approximate surface area is 353 Å². The van der Waals surface area contributed by atoms with Gasteiger partial charge in [-0.2, -0.15) is 0 Å². The number of carbonyl (C=O) groups is 1. The Balaban J connectivity index is 2.40. The summed E-state index contributed by atoms with van der Waals surface area (Å²) in [5, 5.41) is 54.2. The van der Waals surface area contributed by atoms with Crippen molar-refractivity contribution in [2.75, 3.05) is 13.2 Å². The molecule has 7 unspecified atom stereocenters. The van der Waals surface area contributed by atoms with Crippen LogP contribution < -0.4 is 5.32 Å². The lowest BCUT2D eigenvalue weighted by Crippen LogP contribution is -2.60. The predicted octanol–water partition coefficient (Wildman–Crippen LogP) is 9.78. The molecule has 0 radical (unpaired) electrons. The molecular formula is C49H85NO8. The molecule has 1 aliphatic heterocycles. The first kappa shape index (κ1) is 53.6. The fourth-order valence-corrected chi connectivity index (χ4v) is 6.83. The number of aliphatic hydroxyl groups excluding tert-OH is 5. The van der Waals surface area contributed by atoms with E-state index < -0.39 is 49.5 Å². The van der Waals surface area contributed by atoms with Crippen LogP contribution >= 0.6 is 0 Å². The Kier molecular flexibility index (Phi) is 35.9. The van der Waals surface area contributed by atoms with Crippen molar-refractivity contribution in [2.24, 2.45) is 0 Å². The van der Waals surface area contributed by atoms with E-state index in [0.29, 0.717) is 12.8 Å². The van der Waals surface area contributed by atoms with Gasteiger partial charge in [-0.25, -0.2) is 0 Å². The number of aliphatic hydroxyl groups is 5. The number of carbonyl (C=O) groups excluding carboxylic acids is 1. The van der Waals surface area contributed by atoms with Gasteiger partial charge in [-0.1, -0.05) is 177 Å². The average Bonchev–Trinajstić information content (AvgIpc) is 3.22. The zero-order valence-electron chi connectivity index (χ0n) is 36.5. The number of hydrogen-bond acceptors (Lipinski definition) is 8. The summed E-state index contributed by atoms with van der Waals surface area (Å²) in [6, 6.07) is -0.825. The summed E-state index contributed by atoms with van der Waals surface area (Å²) in [5.74, 6) is -0.211. The molecule has 0 aliphatic carbocycles. The van der Waals surface area contributed by atoms with Gasteiger partial charge in [0.1, 0.15) is 24.4 Å². The maximum atomic E-state index is 13.0. The van der Waals surface area contributed by atoms with Gasteiger partial charge in [0.15, 0.2) is 6.29 Å². The third-order valence-electron chi connectivity index (χ3n) is 10.5. The summed E-state index contributed by atoms with van der Waals surface area (Å²) >= 11 is 0. The number of hydrogen-bond donors (Lipinski definition) is 6. The first-order valence-corrected chi connectivity index (χ1v) is 23.2. The van der Waals surface area contributed by atoms with Crippen LogP contribution in [0.3, 0.4) is 0 Å². The van der Waals surface area contributed by atoms with Crippen LogP contribution in [0.5, 0.6) is 0 Å². The summed E-state index contributed by atoms with van der Waals surface area (Å²) in [5.41, 5.74) is 0. The minimum Gasteiger partial charge on any atom is -0.394 e. The highest BCUT2D eigenvalue weighted by Crippen LogP contribution is 2.22. The molecular weight excluding hydrogens is 731 g/mol. The molecule has 334 valence electrons. The van der Waals surface area contributed by atoms with Crippen LogP contribution in [-0.4, -0.2) is 87.5 Å². The lowest BCUT2D eigenvalue weighted by atomic mass is 9.99. The molecule has 1 rings (SSSR count). The molecule has 1 fully saturated rings. The number of allylic oxidation sites excluding steroid dienone is 11. The van der Waals surface area contributed by atoms with Crippen LogP contribution in [0, 0.1) is 0 Å². The first-order chi connectivity index (χ1) is 28.3. The standard InChI is InChI=1S/C49H85NO8/c1-3-5-7-9-11-13-15-17-19-21-22-23-25-27-29-31-33-35-37-39-45(53)50-42(41-57-49-48(56)47(55)46(54)44(40-51)58-49)43(52)38-36-34-32-30-28-26-24-20-18-16-14-12-10-8-6-4-2/h5,7,11,13,17,19,22-23,27,29,36,38,42-44,46-49,51-52,54-56H,3-4,6,8-10,12,14-16,18,20-21,24-26,28,30-35,37,39-41H2,1-2H3,(H,50,53)/b7-5-,13-11-,19-17-,23-22-,29-27-,38-36+. The van der Waals surface area contributed by atoms with Crippen LogP contribution in [-0.2, 0) is 14.3 Å². The van der Waals surface area contributed by atoms with Gasteiger partial charge in [0.2, 0.25) is 5.91 Å². The topological polar surface area (TPSA) is 149 Å². The SMILES string of the molecule is CC/C=C\C/C=C\C/C=C\C/C=C\C/C=C\CCCCCC(=O)NC(COC1OC(CO)C(O)C(O)C1O)C(O)/C=C/CCCCCCCCCCCCCCCC. The molecule has 0 spiro atoms. The van der Waals surface area contributed by atoms with Crippen LogP contribution in [0.25, 0.3) is 0 Å². The third-order valence-corrected chi connectivity index (χ3v) is 10.5. The summed E-state index contributed by atoms with van der Waals surface area (Å²) in [6.45, 7) is 3.63. The molecule has 58 heavy (non-hydrogen) atoms. The molecule has 0 aromatic rings. The highest BCUT2D eigenvalue weighted by Gasteiger charge is 2.44. The molecule has 0 bridgehead atoms. The molecule has 1 amide bonds. The Hall–Kier alpha value is -2.37. The molecule has 0 saturated carbocycles.